The lowest BCUT2D eigenvalue weighted by Crippen LogP contribution is -2.03. The summed E-state index contributed by atoms with van der Waals surface area (Å²) < 4.78 is 6.92. The van der Waals surface area contributed by atoms with Crippen molar-refractivity contribution in [3.8, 4) is 89.9 Å². The van der Waals surface area contributed by atoms with Gasteiger partial charge in [-0.05, 0) is 238 Å². The molecule has 0 N–H and O–H groups in total. The lowest BCUT2D eigenvalue weighted by Gasteiger charge is -2.22. The van der Waals surface area contributed by atoms with E-state index in [0.717, 1.165) is 56.1 Å². The van der Waals surface area contributed by atoms with Gasteiger partial charge >= 0.3 is 0 Å². The van der Waals surface area contributed by atoms with Crippen LogP contribution in [-0.2, 0) is 0 Å². The molecular formula is C105H65N9S3. The third-order valence-corrected chi connectivity index (χ3v) is 26.8. The van der Waals surface area contributed by atoms with Crippen LogP contribution in [0.1, 0.15) is 23.0 Å². The number of imidazole rings is 3. The summed E-state index contributed by atoms with van der Waals surface area (Å²) in [5.74, 6) is 3.05. The van der Waals surface area contributed by atoms with Gasteiger partial charge in [-0.15, -0.1) is 0 Å². The van der Waals surface area contributed by atoms with Gasteiger partial charge in [-0.3, -0.25) is 23.7 Å². The number of hydrogen-bond donors (Lipinski definition) is 0. The van der Waals surface area contributed by atoms with Gasteiger partial charge in [-0.25, -0.2) is 15.0 Å². The predicted octanol–water partition coefficient (Wildman–Crippen LogP) is 28.1. The molecule has 0 bridgehead atoms. The van der Waals surface area contributed by atoms with Crippen molar-refractivity contribution in [2.45, 2.75) is 50.1 Å². The van der Waals surface area contributed by atoms with Crippen molar-refractivity contribution in [2.75, 3.05) is 0 Å². The number of aromatic nitrogens is 8. The fourth-order valence-corrected chi connectivity index (χ4v) is 22.1. The van der Waals surface area contributed by atoms with Crippen LogP contribution in [0.3, 0.4) is 0 Å². The molecule has 0 fully saturated rings. The van der Waals surface area contributed by atoms with E-state index in [1.807, 2.05) is 78.1 Å². The zero-order chi connectivity index (χ0) is 77.7. The highest BCUT2D eigenvalue weighted by atomic mass is 32.2. The van der Waals surface area contributed by atoms with E-state index in [9.17, 15) is 5.26 Å². The lowest BCUT2D eigenvalue weighted by molar-refractivity contribution is 0.963. The largest absolute Gasteiger partial charge is 0.294 e. The second-order valence-corrected chi connectivity index (χ2v) is 33.3. The van der Waals surface area contributed by atoms with Crippen molar-refractivity contribution < 1.29 is 0 Å². The minimum atomic E-state index is 0.669. The first-order chi connectivity index (χ1) is 57.7. The van der Waals surface area contributed by atoms with Crippen LogP contribution in [0.5, 0.6) is 0 Å². The van der Waals surface area contributed by atoms with Crippen molar-refractivity contribution in [1.82, 2.24) is 38.6 Å². The molecule has 8 heterocycles. The van der Waals surface area contributed by atoms with Gasteiger partial charge in [0.15, 0.2) is 0 Å². The smallest absolute Gasteiger partial charge is 0.111 e. The Bertz CT molecular complexity index is 7870. The number of pyridine rings is 2. The molecule has 0 unspecified atom stereocenters. The molecule has 0 spiro atoms. The molecule has 17 aromatic carbocycles. The molecule has 3 aliphatic rings. The van der Waals surface area contributed by atoms with Gasteiger partial charge < -0.3 is 0 Å². The van der Waals surface area contributed by atoms with Crippen LogP contribution in [-0.4, -0.2) is 38.6 Å². The van der Waals surface area contributed by atoms with Crippen molar-refractivity contribution in [3.05, 3.63) is 363 Å². The average molecular weight is 1550 g/mol. The van der Waals surface area contributed by atoms with Crippen LogP contribution in [0, 0.1) is 32.1 Å². The Labute approximate surface area is 685 Å². The van der Waals surface area contributed by atoms with Gasteiger partial charge in [-0.2, -0.15) is 5.26 Å². The van der Waals surface area contributed by atoms with Crippen molar-refractivity contribution in [2.24, 2.45) is 0 Å². The van der Waals surface area contributed by atoms with Gasteiger partial charge in [0.05, 0.1) is 67.3 Å². The molecule has 3 aliphatic heterocycles. The molecule has 0 saturated carbocycles. The monoisotopic (exact) mass is 1550 g/mol. The summed E-state index contributed by atoms with van der Waals surface area (Å²) >= 11 is 5.50. The molecule has 0 radical (unpaired) electrons. The molecule has 0 aliphatic carbocycles. The Morgan fingerprint density at radius 2 is 0.607 bits per heavy atom. The predicted molar refractivity (Wildman–Crippen MR) is 485 cm³/mol. The van der Waals surface area contributed by atoms with Crippen LogP contribution in [0.15, 0.2) is 369 Å². The molecule has 5 aromatic heterocycles. The number of benzene rings is 17. The van der Waals surface area contributed by atoms with E-state index in [4.69, 9.17) is 19.9 Å². The summed E-state index contributed by atoms with van der Waals surface area (Å²) in [4.78, 5) is 31.2. The second kappa shape index (κ2) is 27.3. The van der Waals surface area contributed by atoms with Crippen LogP contribution >= 0.6 is 35.3 Å². The number of hydrogen-bond acceptors (Lipinski definition) is 9. The zero-order valence-corrected chi connectivity index (χ0v) is 66.0. The first kappa shape index (κ1) is 68.4. The summed E-state index contributed by atoms with van der Waals surface area (Å²) in [6, 6.07) is 117. The maximum absolute atomic E-state index is 9.33. The number of nitrogens with zero attached hydrogens (tertiary/aromatic N) is 9. The standard InChI is InChI=1S/C37H23N3S.C35H21N3S.C33H21N3S/c1-22-39-30-16-7-17-32-37(30)40(22)31-19-18-24(21-33(31)41-32)34-25-11-2-4-13-27(25)35(28-14-5-3-12-26(28)34)29-15-6-9-23-10-8-20-38-36(23)29;1-21-37-29-11-6-12-31-35(29)38(21)30-18-17-24(19-32(30)39-31)34-27-9-4-2-7-25(27)33(26-8-3-5-10-28(26)34)23-15-13-22(20-36)14-16-23;1-20-35-27-13-6-14-29-33(27)36(20)28-16-15-21(18-30(28)37-29)31-23-9-2-4-11-25(23)32(22-8-7-17-34-19-22)26-12-5-3-10-24(26)31/h2-21H,1H3;2-19H,1H3;2-19H,1H3. The molecule has 548 valence electrons. The molecule has 0 atom stereocenters. The van der Waals surface area contributed by atoms with Gasteiger partial charge in [0.1, 0.15) is 17.5 Å². The zero-order valence-electron chi connectivity index (χ0n) is 63.6. The van der Waals surface area contributed by atoms with Crippen LogP contribution in [0.4, 0.5) is 0 Å². The molecular weight excluding hydrogens is 1480 g/mol. The summed E-state index contributed by atoms with van der Waals surface area (Å²) in [5, 5.41) is 25.3. The number of rotatable bonds is 6. The normalized spacial score (nSPS) is 12.3. The van der Waals surface area contributed by atoms with E-state index in [-0.39, 0.29) is 0 Å². The molecule has 22 aromatic rings. The summed E-state index contributed by atoms with van der Waals surface area (Å²) in [6.07, 6.45) is 5.69. The molecule has 12 heteroatoms. The first-order valence-corrected chi connectivity index (χ1v) is 41.7. The van der Waals surface area contributed by atoms with Crippen LogP contribution in [0.25, 0.3) is 192 Å². The highest BCUT2D eigenvalue weighted by molar-refractivity contribution is 8.00. The summed E-state index contributed by atoms with van der Waals surface area (Å²) in [6.45, 7) is 6.27. The number of fused-ring (bicyclic) bond motifs is 13. The fourth-order valence-electron chi connectivity index (χ4n) is 18.7. The van der Waals surface area contributed by atoms with Gasteiger partial charge in [-0.1, -0.05) is 260 Å². The second-order valence-electron chi connectivity index (χ2n) is 30.0. The van der Waals surface area contributed by atoms with Crippen LogP contribution in [0.2, 0.25) is 0 Å². The first-order valence-electron chi connectivity index (χ1n) is 39.2. The Balaban J connectivity index is 0.000000103. The highest BCUT2D eigenvalue weighted by Gasteiger charge is 2.29. The SMILES string of the molecule is Cc1nc2cccc3c2n1-c1ccc(-c2c4ccccc4c(-c4ccc(C#N)cc4)c4ccccc24)cc1S3.Cc1nc2cccc3c2n1-c1ccc(-c2c4ccccc4c(-c4cccc5cccnc45)c4ccccc24)cc1S3.Cc1nc2cccc3c2n1-c1ccc(-c2c4ccccc4c(-c4cccnc4)c4ccccc24)cc1S3. The van der Waals surface area contributed by atoms with Gasteiger partial charge in [0.2, 0.25) is 0 Å². The number of nitriles is 1. The maximum atomic E-state index is 9.33. The molecule has 9 nitrogen and oxygen atoms in total. The Hall–Kier alpha value is -14.2. The molecule has 0 amide bonds. The lowest BCUT2D eigenvalue weighted by atomic mass is 9.85. The van der Waals surface area contributed by atoms with Crippen molar-refractivity contribution >= 4 is 144 Å². The van der Waals surface area contributed by atoms with E-state index in [2.05, 4.69) is 343 Å². The minimum Gasteiger partial charge on any atom is -0.294 e. The average Bonchev–Trinajstić information content (AvgIpc) is 1.59. The Kier molecular flexibility index (Phi) is 15.9. The Morgan fingerprint density at radius 1 is 0.282 bits per heavy atom. The van der Waals surface area contributed by atoms with Crippen molar-refractivity contribution in [1.29, 1.82) is 5.26 Å². The highest BCUT2D eigenvalue weighted by Crippen LogP contribution is 2.54. The minimum absolute atomic E-state index is 0.669. The third-order valence-electron chi connectivity index (χ3n) is 23.5. The van der Waals surface area contributed by atoms with E-state index in [1.165, 1.54) is 183 Å². The fraction of sp³-hybridized carbons (Fsp3) is 0.0286. The number of para-hydroxylation sites is 4. The molecule has 117 heavy (non-hydrogen) atoms. The maximum Gasteiger partial charge on any atom is 0.111 e. The quantitative estimate of drug-likeness (QED) is 0.151. The van der Waals surface area contributed by atoms with E-state index >= 15 is 0 Å². The summed E-state index contributed by atoms with van der Waals surface area (Å²) in [7, 11) is 0. The molecule has 0 saturated heterocycles. The van der Waals surface area contributed by atoms with Crippen LogP contribution < -0.4 is 0 Å². The van der Waals surface area contributed by atoms with Gasteiger partial charge in [0, 0.05) is 64.5 Å². The number of aryl methyl sites for hydroxylation is 3. The van der Waals surface area contributed by atoms with E-state index in [0.29, 0.717) is 5.56 Å². The van der Waals surface area contributed by atoms with Gasteiger partial charge in [0.25, 0.3) is 0 Å². The van der Waals surface area contributed by atoms with E-state index in [1.54, 1.807) is 0 Å². The topological polar surface area (TPSA) is 103 Å². The van der Waals surface area contributed by atoms with E-state index < -0.39 is 0 Å². The third kappa shape index (κ3) is 10.8. The summed E-state index contributed by atoms with van der Waals surface area (Å²) in [5.41, 5.74) is 26.6. The Morgan fingerprint density at radius 3 is 0.966 bits per heavy atom. The molecule has 25 rings (SSSR count). The van der Waals surface area contributed by atoms with Crippen molar-refractivity contribution in [3.63, 3.8) is 0 Å².